The van der Waals surface area contributed by atoms with Gasteiger partial charge in [0.15, 0.2) is 5.78 Å². The number of Topliss-reactive ketones (excluding diaryl/α,β-unsaturated/α-hetero) is 1. The molecule has 148 valence electrons. The van der Waals surface area contributed by atoms with Crippen LogP contribution >= 0.6 is 11.8 Å². The predicted molar refractivity (Wildman–Crippen MR) is 115 cm³/mol. The average molecular weight is 399 g/mol. The number of rotatable bonds is 9. The molecule has 0 radical (unpaired) electrons. The molecule has 0 spiro atoms. The summed E-state index contributed by atoms with van der Waals surface area (Å²) >= 11 is 1.44. The molecule has 1 atom stereocenters. The number of hydrogen-bond donors (Lipinski definition) is 2. The first-order valence-electron chi connectivity index (χ1n) is 9.37. The third-order valence-corrected chi connectivity index (χ3v) is 5.25. The van der Waals surface area contributed by atoms with Gasteiger partial charge in [-0.15, -0.1) is 11.8 Å². The first-order chi connectivity index (χ1) is 13.4. The summed E-state index contributed by atoms with van der Waals surface area (Å²) in [5.41, 5.74) is 2.03. The van der Waals surface area contributed by atoms with Crippen LogP contribution in [0, 0.1) is 0 Å². The van der Waals surface area contributed by atoms with Crippen LogP contribution in [0.2, 0.25) is 0 Å². The van der Waals surface area contributed by atoms with E-state index in [1.54, 1.807) is 24.3 Å². The molecule has 28 heavy (non-hydrogen) atoms. The molecular weight excluding hydrogens is 372 g/mol. The monoisotopic (exact) mass is 398 g/mol. The van der Waals surface area contributed by atoms with Crippen molar-refractivity contribution in [3.63, 3.8) is 0 Å². The van der Waals surface area contributed by atoms with Crippen LogP contribution in [0.3, 0.4) is 0 Å². The number of unbranched alkanes of at least 4 members (excludes halogenated alkanes) is 1. The van der Waals surface area contributed by atoms with Crippen molar-refractivity contribution in [2.45, 2.75) is 50.2 Å². The van der Waals surface area contributed by atoms with E-state index in [0.29, 0.717) is 17.7 Å². The fourth-order valence-corrected chi connectivity index (χ4v) is 3.33. The SMILES string of the molecule is CCCCC(=O)Nc1ccc(SC(C)C(=O)Nc2ccc(C(C)=O)cc2)cc1. The van der Waals surface area contributed by atoms with Gasteiger partial charge in [-0.25, -0.2) is 0 Å². The Morgan fingerprint density at radius 1 is 0.929 bits per heavy atom. The van der Waals surface area contributed by atoms with E-state index >= 15 is 0 Å². The molecule has 0 aliphatic rings. The molecule has 0 saturated carbocycles. The Hall–Kier alpha value is -2.60. The van der Waals surface area contributed by atoms with E-state index in [4.69, 9.17) is 0 Å². The Kier molecular flexibility index (Phi) is 8.26. The minimum atomic E-state index is -0.294. The molecule has 0 aromatic heterocycles. The van der Waals surface area contributed by atoms with Crippen molar-refractivity contribution >= 4 is 40.7 Å². The smallest absolute Gasteiger partial charge is 0.237 e. The van der Waals surface area contributed by atoms with E-state index in [1.807, 2.05) is 31.2 Å². The number of benzene rings is 2. The average Bonchev–Trinajstić information content (AvgIpc) is 2.68. The van der Waals surface area contributed by atoms with Gasteiger partial charge in [-0.3, -0.25) is 14.4 Å². The fourth-order valence-electron chi connectivity index (χ4n) is 2.47. The lowest BCUT2D eigenvalue weighted by atomic mass is 10.1. The summed E-state index contributed by atoms with van der Waals surface area (Å²) in [6.07, 6.45) is 2.39. The lowest BCUT2D eigenvalue weighted by molar-refractivity contribution is -0.116. The van der Waals surface area contributed by atoms with Crippen molar-refractivity contribution in [3.8, 4) is 0 Å². The highest BCUT2D eigenvalue weighted by molar-refractivity contribution is 8.00. The molecule has 0 saturated heterocycles. The Morgan fingerprint density at radius 2 is 1.50 bits per heavy atom. The maximum atomic E-state index is 12.4. The Labute approximate surface area is 170 Å². The number of nitrogens with one attached hydrogen (secondary N) is 2. The molecule has 2 aromatic carbocycles. The number of carbonyl (C=O) groups excluding carboxylic acids is 3. The van der Waals surface area contributed by atoms with Crippen LogP contribution in [0.1, 0.15) is 50.4 Å². The van der Waals surface area contributed by atoms with Crippen LogP contribution in [-0.2, 0) is 9.59 Å². The van der Waals surface area contributed by atoms with Gasteiger partial charge in [0.1, 0.15) is 0 Å². The number of carbonyl (C=O) groups is 3. The highest BCUT2D eigenvalue weighted by atomic mass is 32.2. The van der Waals surface area contributed by atoms with Gasteiger partial charge in [0.05, 0.1) is 5.25 Å². The van der Waals surface area contributed by atoms with Crippen molar-refractivity contribution in [2.24, 2.45) is 0 Å². The largest absolute Gasteiger partial charge is 0.326 e. The molecule has 2 rings (SSSR count). The molecule has 0 heterocycles. The highest BCUT2D eigenvalue weighted by Gasteiger charge is 2.15. The standard InChI is InChI=1S/C22H26N2O3S/c1-4-5-6-21(26)23-18-11-13-20(14-12-18)28-16(3)22(27)24-19-9-7-17(8-10-19)15(2)25/h7-14,16H,4-6H2,1-3H3,(H,23,26)(H,24,27). The molecule has 2 amide bonds. The van der Waals surface area contributed by atoms with Crippen LogP contribution < -0.4 is 10.6 Å². The molecule has 0 fully saturated rings. The maximum Gasteiger partial charge on any atom is 0.237 e. The van der Waals surface area contributed by atoms with E-state index < -0.39 is 0 Å². The van der Waals surface area contributed by atoms with E-state index in [0.717, 1.165) is 23.4 Å². The highest BCUT2D eigenvalue weighted by Crippen LogP contribution is 2.26. The van der Waals surface area contributed by atoms with Crippen LogP contribution in [-0.4, -0.2) is 22.8 Å². The zero-order valence-corrected chi connectivity index (χ0v) is 17.3. The van der Waals surface area contributed by atoms with Crippen molar-refractivity contribution in [1.29, 1.82) is 0 Å². The zero-order valence-electron chi connectivity index (χ0n) is 16.5. The number of ketones is 1. The van der Waals surface area contributed by atoms with Crippen molar-refractivity contribution in [3.05, 3.63) is 54.1 Å². The van der Waals surface area contributed by atoms with Gasteiger partial charge in [0.2, 0.25) is 11.8 Å². The second-order valence-corrected chi connectivity index (χ2v) is 7.97. The molecular formula is C22H26N2O3S. The summed E-state index contributed by atoms with van der Waals surface area (Å²) in [6.45, 7) is 5.40. The summed E-state index contributed by atoms with van der Waals surface area (Å²) in [5, 5.41) is 5.44. The summed E-state index contributed by atoms with van der Waals surface area (Å²) in [7, 11) is 0. The summed E-state index contributed by atoms with van der Waals surface area (Å²) in [5.74, 6) is -0.102. The normalized spacial score (nSPS) is 11.5. The predicted octanol–water partition coefficient (Wildman–Crippen LogP) is 5.14. The number of anilines is 2. The van der Waals surface area contributed by atoms with E-state index in [2.05, 4.69) is 17.6 Å². The summed E-state index contributed by atoms with van der Waals surface area (Å²) in [6, 6.07) is 14.3. The van der Waals surface area contributed by atoms with Crippen LogP contribution in [0.5, 0.6) is 0 Å². The Balaban J connectivity index is 1.87. The second kappa shape index (κ2) is 10.7. The molecule has 0 aliphatic heterocycles. The lowest BCUT2D eigenvalue weighted by Crippen LogP contribution is -2.22. The molecule has 0 bridgehead atoms. The third kappa shape index (κ3) is 6.85. The molecule has 0 aliphatic carbocycles. The molecule has 1 unspecified atom stereocenters. The Morgan fingerprint density at radius 3 is 2.07 bits per heavy atom. The van der Waals surface area contributed by atoms with Gasteiger partial charge in [-0.05, 0) is 68.8 Å². The maximum absolute atomic E-state index is 12.4. The molecule has 5 nitrogen and oxygen atoms in total. The first kappa shape index (κ1) is 21.7. The topological polar surface area (TPSA) is 75.3 Å². The summed E-state index contributed by atoms with van der Waals surface area (Å²) in [4.78, 5) is 36.4. The Bertz CT molecular complexity index is 817. The van der Waals surface area contributed by atoms with Crippen molar-refractivity contribution in [2.75, 3.05) is 10.6 Å². The van der Waals surface area contributed by atoms with Crippen LogP contribution in [0.25, 0.3) is 0 Å². The van der Waals surface area contributed by atoms with E-state index in [-0.39, 0.29) is 22.8 Å². The summed E-state index contributed by atoms with van der Waals surface area (Å²) < 4.78 is 0. The lowest BCUT2D eigenvalue weighted by Gasteiger charge is -2.13. The van der Waals surface area contributed by atoms with Gasteiger partial charge < -0.3 is 10.6 Å². The van der Waals surface area contributed by atoms with Gasteiger partial charge in [-0.2, -0.15) is 0 Å². The molecule has 6 heteroatoms. The second-order valence-electron chi connectivity index (χ2n) is 6.56. The minimum Gasteiger partial charge on any atom is -0.326 e. The number of hydrogen-bond acceptors (Lipinski definition) is 4. The van der Waals surface area contributed by atoms with Gasteiger partial charge >= 0.3 is 0 Å². The van der Waals surface area contributed by atoms with Crippen molar-refractivity contribution < 1.29 is 14.4 Å². The molecule has 2 aromatic rings. The van der Waals surface area contributed by atoms with Crippen molar-refractivity contribution in [1.82, 2.24) is 0 Å². The van der Waals surface area contributed by atoms with Gasteiger partial charge in [0.25, 0.3) is 0 Å². The van der Waals surface area contributed by atoms with Gasteiger partial charge in [0, 0.05) is 28.3 Å². The zero-order chi connectivity index (χ0) is 20.5. The molecule has 2 N–H and O–H groups in total. The minimum absolute atomic E-state index is 0.00759. The van der Waals surface area contributed by atoms with E-state index in [9.17, 15) is 14.4 Å². The fraction of sp³-hybridized carbons (Fsp3) is 0.318. The third-order valence-electron chi connectivity index (χ3n) is 4.14. The number of amides is 2. The van der Waals surface area contributed by atoms with E-state index in [1.165, 1.54) is 18.7 Å². The van der Waals surface area contributed by atoms with Gasteiger partial charge in [-0.1, -0.05) is 13.3 Å². The van der Waals surface area contributed by atoms with Crippen LogP contribution in [0.4, 0.5) is 11.4 Å². The van der Waals surface area contributed by atoms with Crippen LogP contribution in [0.15, 0.2) is 53.4 Å². The first-order valence-corrected chi connectivity index (χ1v) is 10.3. The number of thioether (sulfide) groups is 1. The quantitative estimate of drug-likeness (QED) is 0.453.